The van der Waals surface area contributed by atoms with Crippen molar-refractivity contribution in [3.8, 4) is 0 Å². The summed E-state index contributed by atoms with van der Waals surface area (Å²) in [4.78, 5) is 28.2. The van der Waals surface area contributed by atoms with Crippen LogP contribution in [0.3, 0.4) is 0 Å². The Hall–Kier alpha value is -2.89. The van der Waals surface area contributed by atoms with Crippen LogP contribution in [0.5, 0.6) is 0 Å². The Labute approximate surface area is 157 Å². The number of hydrogen-bond acceptors (Lipinski definition) is 3. The average Bonchev–Trinajstić information content (AvgIpc) is 3.34. The fourth-order valence-electron chi connectivity index (χ4n) is 3.74. The minimum absolute atomic E-state index is 0.0760. The average molecular weight is 367 g/mol. The summed E-state index contributed by atoms with van der Waals surface area (Å²) in [5.41, 5.74) is 2.17. The van der Waals surface area contributed by atoms with Gasteiger partial charge in [-0.05, 0) is 55.7 Å². The molecule has 2 aliphatic rings. The molecule has 0 bridgehead atoms. The lowest BCUT2D eigenvalue weighted by Gasteiger charge is -2.19. The summed E-state index contributed by atoms with van der Waals surface area (Å²) in [6.45, 7) is 2.41. The van der Waals surface area contributed by atoms with Crippen LogP contribution in [0.15, 0.2) is 42.5 Å². The Balaban J connectivity index is 1.49. The lowest BCUT2D eigenvalue weighted by Crippen LogP contribution is -2.24. The van der Waals surface area contributed by atoms with Crippen molar-refractivity contribution in [1.82, 2.24) is 0 Å². The van der Waals surface area contributed by atoms with Gasteiger partial charge in [0.2, 0.25) is 5.91 Å². The van der Waals surface area contributed by atoms with Crippen LogP contribution < -0.4 is 15.1 Å². The quantitative estimate of drug-likeness (QED) is 0.894. The normalized spacial score (nSPS) is 16.9. The van der Waals surface area contributed by atoms with Crippen LogP contribution in [0.1, 0.15) is 36.0 Å². The number of halogens is 1. The SMILES string of the molecule is O=C(Nc1ccc(N2CCCC2)c(F)c1)c1cccc(N2CCCC2=O)c1. The summed E-state index contributed by atoms with van der Waals surface area (Å²) >= 11 is 0. The second-order valence-electron chi connectivity index (χ2n) is 7.01. The molecular formula is C21H22FN3O2. The third kappa shape index (κ3) is 3.65. The summed E-state index contributed by atoms with van der Waals surface area (Å²) in [5, 5.41) is 2.74. The molecule has 0 unspecified atom stereocenters. The number of hydrogen-bond donors (Lipinski definition) is 1. The van der Waals surface area contributed by atoms with E-state index in [1.807, 2.05) is 11.0 Å². The number of amides is 2. The maximum Gasteiger partial charge on any atom is 0.255 e. The predicted octanol–water partition coefficient (Wildman–Crippen LogP) is 3.81. The van der Waals surface area contributed by atoms with Crippen molar-refractivity contribution < 1.29 is 14.0 Å². The number of rotatable bonds is 4. The van der Waals surface area contributed by atoms with Gasteiger partial charge in [-0.25, -0.2) is 4.39 Å². The molecule has 2 aliphatic heterocycles. The monoisotopic (exact) mass is 367 g/mol. The van der Waals surface area contributed by atoms with Crippen molar-refractivity contribution >= 4 is 28.9 Å². The molecule has 2 heterocycles. The van der Waals surface area contributed by atoms with E-state index in [2.05, 4.69) is 5.32 Å². The highest BCUT2D eigenvalue weighted by atomic mass is 19.1. The second-order valence-corrected chi connectivity index (χ2v) is 7.01. The zero-order chi connectivity index (χ0) is 18.8. The molecule has 5 nitrogen and oxygen atoms in total. The molecular weight excluding hydrogens is 345 g/mol. The first-order chi connectivity index (χ1) is 13.1. The second kappa shape index (κ2) is 7.39. The van der Waals surface area contributed by atoms with E-state index in [4.69, 9.17) is 0 Å². The standard InChI is InChI=1S/C21H22FN3O2/c22-18-14-16(8-9-19(18)24-10-1-2-11-24)23-21(27)15-5-3-6-17(13-15)25-12-4-7-20(25)26/h3,5-6,8-9,13-14H,1-2,4,7,10-12H2,(H,23,27). The molecule has 2 amide bonds. The molecule has 0 atom stereocenters. The van der Waals surface area contributed by atoms with E-state index >= 15 is 0 Å². The van der Waals surface area contributed by atoms with E-state index < -0.39 is 0 Å². The van der Waals surface area contributed by atoms with Crippen LogP contribution in [0.2, 0.25) is 0 Å². The Bertz CT molecular complexity index is 877. The molecule has 0 aromatic heterocycles. The third-order valence-corrected chi connectivity index (χ3v) is 5.15. The first-order valence-corrected chi connectivity index (χ1v) is 9.38. The minimum Gasteiger partial charge on any atom is -0.369 e. The van der Waals surface area contributed by atoms with Crippen molar-refractivity contribution in [3.05, 3.63) is 53.8 Å². The summed E-state index contributed by atoms with van der Waals surface area (Å²) in [5.74, 6) is -0.574. The number of nitrogens with zero attached hydrogens (tertiary/aromatic N) is 2. The molecule has 2 aromatic carbocycles. The fourth-order valence-corrected chi connectivity index (χ4v) is 3.74. The lowest BCUT2D eigenvalue weighted by molar-refractivity contribution is -0.117. The Morgan fingerprint density at radius 2 is 1.81 bits per heavy atom. The van der Waals surface area contributed by atoms with Crippen LogP contribution in [-0.4, -0.2) is 31.4 Å². The van der Waals surface area contributed by atoms with Gasteiger partial charge in [0.15, 0.2) is 0 Å². The van der Waals surface area contributed by atoms with E-state index in [0.717, 1.165) is 38.0 Å². The zero-order valence-electron chi connectivity index (χ0n) is 15.1. The van der Waals surface area contributed by atoms with Gasteiger partial charge in [0.05, 0.1) is 5.69 Å². The van der Waals surface area contributed by atoms with E-state index in [0.29, 0.717) is 29.9 Å². The molecule has 0 aliphatic carbocycles. The Kier molecular flexibility index (Phi) is 4.79. The molecule has 2 aromatic rings. The van der Waals surface area contributed by atoms with Gasteiger partial charge in [-0.1, -0.05) is 6.07 Å². The van der Waals surface area contributed by atoms with Gasteiger partial charge < -0.3 is 15.1 Å². The summed E-state index contributed by atoms with van der Waals surface area (Å²) in [7, 11) is 0. The van der Waals surface area contributed by atoms with Crippen molar-refractivity contribution in [3.63, 3.8) is 0 Å². The first-order valence-electron chi connectivity index (χ1n) is 9.38. The number of nitrogens with one attached hydrogen (secondary N) is 1. The number of carbonyl (C=O) groups is 2. The summed E-state index contributed by atoms with van der Waals surface area (Å²) in [6.07, 6.45) is 3.53. The molecule has 0 spiro atoms. The molecule has 2 fully saturated rings. The molecule has 2 saturated heterocycles. The van der Waals surface area contributed by atoms with Gasteiger partial charge in [0.25, 0.3) is 5.91 Å². The van der Waals surface area contributed by atoms with E-state index in [-0.39, 0.29) is 17.6 Å². The van der Waals surface area contributed by atoms with Gasteiger partial charge in [0.1, 0.15) is 5.82 Å². The minimum atomic E-state index is -0.328. The van der Waals surface area contributed by atoms with Crippen LogP contribution in [-0.2, 0) is 4.79 Å². The predicted molar refractivity (Wildman–Crippen MR) is 104 cm³/mol. The van der Waals surface area contributed by atoms with Crippen LogP contribution >= 0.6 is 0 Å². The topological polar surface area (TPSA) is 52.7 Å². The van der Waals surface area contributed by atoms with E-state index in [9.17, 15) is 14.0 Å². The fraction of sp³-hybridized carbons (Fsp3) is 0.333. The number of anilines is 3. The molecule has 0 saturated carbocycles. The molecule has 6 heteroatoms. The first kappa shape index (κ1) is 17.5. The smallest absolute Gasteiger partial charge is 0.255 e. The molecule has 27 heavy (non-hydrogen) atoms. The number of benzene rings is 2. The molecule has 0 radical (unpaired) electrons. The highest BCUT2D eigenvalue weighted by Crippen LogP contribution is 2.27. The maximum atomic E-state index is 14.4. The van der Waals surface area contributed by atoms with Crippen LogP contribution in [0.4, 0.5) is 21.5 Å². The van der Waals surface area contributed by atoms with Crippen molar-refractivity contribution in [2.75, 3.05) is 34.8 Å². The Morgan fingerprint density at radius 3 is 2.52 bits per heavy atom. The number of carbonyl (C=O) groups excluding carboxylic acids is 2. The van der Waals surface area contributed by atoms with E-state index in [1.54, 1.807) is 35.2 Å². The summed E-state index contributed by atoms with van der Waals surface area (Å²) < 4.78 is 14.4. The largest absolute Gasteiger partial charge is 0.369 e. The zero-order valence-corrected chi connectivity index (χ0v) is 15.1. The molecule has 1 N–H and O–H groups in total. The Morgan fingerprint density at radius 1 is 1.00 bits per heavy atom. The molecule has 4 rings (SSSR count). The van der Waals surface area contributed by atoms with Crippen molar-refractivity contribution in [2.45, 2.75) is 25.7 Å². The van der Waals surface area contributed by atoms with Gasteiger partial charge in [-0.3, -0.25) is 9.59 Å². The molecule has 140 valence electrons. The van der Waals surface area contributed by atoms with Crippen LogP contribution in [0, 0.1) is 5.82 Å². The lowest BCUT2D eigenvalue weighted by atomic mass is 10.1. The highest BCUT2D eigenvalue weighted by Gasteiger charge is 2.22. The van der Waals surface area contributed by atoms with Gasteiger partial charge in [-0.15, -0.1) is 0 Å². The van der Waals surface area contributed by atoms with Crippen LogP contribution in [0.25, 0.3) is 0 Å². The van der Waals surface area contributed by atoms with Gasteiger partial charge in [-0.2, -0.15) is 0 Å². The summed E-state index contributed by atoms with van der Waals surface area (Å²) in [6, 6.07) is 11.8. The van der Waals surface area contributed by atoms with E-state index in [1.165, 1.54) is 6.07 Å². The van der Waals surface area contributed by atoms with Crippen molar-refractivity contribution in [2.24, 2.45) is 0 Å². The van der Waals surface area contributed by atoms with Gasteiger partial charge in [0, 0.05) is 43.0 Å². The highest BCUT2D eigenvalue weighted by molar-refractivity contribution is 6.05. The third-order valence-electron chi connectivity index (χ3n) is 5.15. The maximum absolute atomic E-state index is 14.4. The van der Waals surface area contributed by atoms with Crippen molar-refractivity contribution in [1.29, 1.82) is 0 Å². The van der Waals surface area contributed by atoms with Gasteiger partial charge >= 0.3 is 0 Å².